The minimum Gasteiger partial charge on any atom is -0.486 e. The molecule has 4 rings (SSSR count). The van der Waals surface area contributed by atoms with Crippen molar-refractivity contribution < 1.29 is 32.2 Å². The third-order valence-corrected chi connectivity index (χ3v) is 7.13. The Hall–Kier alpha value is -3.27. The molecular weight excluding hydrogens is 460 g/mol. The molecule has 0 bridgehead atoms. The monoisotopic (exact) mass is 488 g/mol. The maximum Gasteiger partial charge on any atom is 0.340 e. The van der Waals surface area contributed by atoms with Crippen LogP contribution in [0.4, 0.5) is 5.69 Å². The Bertz CT molecular complexity index is 1170. The molecule has 1 fully saturated rings. The van der Waals surface area contributed by atoms with Crippen molar-refractivity contribution in [3.8, 4) is 11.5 Å². The summed E-state index contributed by atoms with van der Waals surface area (Å²) in [6.45, 7) is 5.76. The van der Waals surface area contributed by atoms with Crippen LogP contribution < -0.4 is 14.2 Å². The first-order chi connectivity index (χ1) is 16.2. The van der Waals surface area contributed by atoms with Crippen LogP contribution in [0, 0.1) is 11.8 Å². The Morgan fingerprint density at radius 1 is 1.03 bits per heavy atom. The molecule has 182 valence electrons. The number of amides is 1. The highest BCUT2D eigenvalue weighted by Gasteiger charge is 2.27. The molecule has 0 saturated carbocycles. The predicted molar refractivity (Wildman–Crippen MR) is 124 cm³/mol. The van der Waals surface area contributed by atoms with Gasteiger partial charge in [-0.25, -0.2) is 13.2 Å². The summed E-state index contributed by atoms with van der Waals surface area (Å²) in [5, 5.41) is 0. The number of carbonyl (C=O) groups is 2. The van der Waals surface area contributed by atoms with Gasteiger partial charge < -0.3 is 19.1 Å². The van der Waals surface area contributed by atoms with Crippen LogP contribution >= 0.6 is 0 Å². The highest BCUT2D eigenvalue weighted by molar-refractivity contribution is 7.92. The highest BCUT2D eigenvalue weighted by Crippen LogP contribution is 2.33. The topological polar surface area (TPSA) is 111 Å². The minimum atomic E-state index is -4.03. The maximum absolute atomic E-state index is 13.0. The molecule has 2 heterocycles. The Morgan fingerprint density at radius 2 is 1.71 bits per heavy atom. The van der Waals surface area contributed by atoms with E-state index in [2.05, 4.69) is 18.6 Å². The molecule has 2 aliphatic rings. The van der Waals surface area contributed by atoms with Crippen LogP contribution in [0.5, 0.6) is 11.5 Å². The third-order valence-electron chi connectivity index (χ3n) is 5.76. The van der Waals surface area contributed by atoms with E-state index in [-0.39, 0.29) is 22.1 Å². The van der Waals surface area contributed by atoms with Crippen molar-refractivity contribution >= 4 is 27.6 Å². The zero-order chi connectivity index (χ0) is 24.3. The second-order valence-corrected chi connectivity index (χ2v) is 10.5. The first-order valence-electron chi connectivity index (χ1n) is 11.2. The lowest BCUT2D eigenvalue weighted by molar-refractivity contribution is -0.137. The van der Waals surface area contributed by atoms with Gasteiger partial charge in [-0.05, 0) is 42.5 Å². The zero-order valence-electron chi connectivity index (χ0n) is 19.2. The van der Waals surface area contributed by atoms with Gasteiger partial charge in [-0.2, -0.15) is 0 Å². The fourth-order valence-electron chi connectivity index (χ4n) is 4.31. The molecule has 0 radical (unpaired) electrons. The normalized spacial score (nSPS) is 19.9. The molecule has 2 atom stereocenters. The van der Waals surface area contributed by atoms with Crippen molar-refractivity contribution in [1.82, 2.24) is 4.90 Å². The number of piperidine rings is 1. The predicted octanol–water partition coefficient (Wildman–Crippen LogP) is 2.92. The summed E-state index contributed by atoms with van der Waals surface area (Å²) in [7, 11) is -4.03. The number of rotatable bonds is 6. The smallest absolute Gasteiger partial charge is 0.340 e. The average molecular weight is 489 g/mol. The van der Waals surface area contributed by atoms with Crippen molar-refractivity contribution in [3.63, 3.8) is 0 Å². The Balaban J connectivity index is 1.45. The summed E-state index contributed by atoms with van der Waals surface area (Å²) in [4.78, 5) is 27.0. The number of nitrogens with one attached hydrogen (secondary N) is 1. The number of sulfonamides is 1. The Morgan fingerprint density at radius 3 is 2.44 bits per heavy atom. The molecule has 0 aliphatic carbocycles. The van der Waals surface area contributed by atoms with Gasteiger partial charge in [0.2, 0.25) is 0 Å². The molecule has 2 aliphatic heterocycles. The lowest BCUT2D eigenvalue weighted by atomic mass is 9.92. The first kappa shape index (κ1) is 23.9. The van der Waals surface area contributed by atoms with E-state index in [0.717, 1.165) is 6.42 Å². The number of likely N-dealkylation sites (tertiary alicyclic amines) is 1. The van der Waals surface area contributed by atoms with Crippen LogP contribution in [-0.2, 0) is 19.6 Å². The SMILES string of the molecule is C[C@@H]1C[C@@H](C)CN(C(=O)COC(=O)c2ccccc2NS(=O)(=O)c2ccc3c(c2)OCCO3)C1. The number of ether oxygens (including phenoxy) is 3. The van der Waals surface area contributed by atoms with E-state index in [1.54, 1.807) is 17.0 Å². The van der Waals surface area contributed by atoms with Gasteiger partial charge in [-0.3, -0.25) is 9.52 Å². The van der Waals surface area contributed by atoms with E-state index >= 15 is 0 Å². The standard InChI is InChI=1S/C24H28N2O7S/c1-16-11-17(2)14-26(13-16)23(27)15-33-24(28)19-5-3-4-6-20(19)25-34(29,30)18-7-8-21-22(12-18)32-10-9-31-21/h3-8,12,16-17,25H,9-11,13-15H2,1-2H3/t16-,17-/m1/s1. The number of nitrogens with zero attached hydrogens (tertiary/aromatic N) is 1. The van der Waals surface area contributed by atoms with Crippen LogP contribution in [0.15, 0.2) is 47.4 Å². The fourth-order valence-corrected chi connectivity index (χ4v) is 5.40. The zero-order valence-corrected chi connectivity index (χ0v) is 20.0. The van der Waals surface area contributed by atoms with Crippen LogP contribution in [0.3, 0.4) is 0 Å². The quantitative estimate of drug-likeness (QED) is 0.623. The van der Waals surface area contributed by atoms with Crippen molar-refractivity contribution in [3.05, 3.63) is 48.0 Å². The van der Waals surface area contributed by atoms with Crippen molar-refractivity contribution in [2.75, 3.05) is 37.6 Å². The molecule has 0 spiro atoms. The van der Waals surface area contributed by atoms with E-state index in [0.29, 0.717) is 49.6 Å². The lowest BCUT2D eigenvalue weighted by Crippen LogP contribution is -2.44. The molecule has 1 amide bonds. The third kappa shape index (κ3) is 5.44. The molecule has 34 heavy (non-hydrogen) atoms. The molecule has 1 N–H and O–H groups in total. The summed E-state index contributed by atoms with van der Waals surface area (Å²) in [5.74, 6) is 0.532. The van der Waals surface area contributed by atoms with E-state index in [1.165, 1.54) is 30.3 Å². The van der Waals surface area contributed by atoms with Crippen molar-refractivity contribution in [2.24, 2.45) is 11.8 Å². The van der Waals surface area contributed by atoms with Gasteiger partial charge in [-0.15, -0.1) is 0 Å². The summed E-state index contributed by atoms with van der Waals surface area (Å²) in [6.07, 6.45) is 1.06. The summed E-state index contributed by atoms with van der Waals surface area (Å²) in [6, 6.07) is 10.4. The van der Waals surface area contributed by atoms with E-state index in [1.807, 2.05) is 0 Å². The molecule has 9 nitrogen and oxygen atoms in total. The molecule has 0 aromatic heterocycles. The fraction of sp³-hybridized carbons (Fsp3) is 0.417. The van der Waals surface area contributed by atoms with Gasteiger partial charge in [0.05, 0.1) is 16.1 Å². The minimum absolute atomic E-state index is 0.0109. The van der Waals surface area contributed by atoms with E-state index in [4.69, 9.17) is 14.2 Å². The van der Waals surface area contributed by atoms with Crippen LogP contribution in [-0.4, -0.2) is 58.1 Å². The second-order valence-electron chi connectivity index (χ2n) is 8.78. The van der Waals surface area contributed by atoms with Gasteiger partial charge in [0.25, 0.3) is 15.9 Å². The first-order valence-corrected chi connectivity index (χ1v) is 12.7. The summed E-state index contributed by atoms with van der Waals surface area (Å²) < 4.78 is 44.5. The van der Waals surface area contributed by atoms with E-state index in [9.17, 15) is 18.0 Å². The molecule has 2 aromatic rings. The average Bonchev–Trinajstić information content (AvgIpc) is 2.81. The highest BCUT2D eigenvalue weighted by atomic mass is 32.2. The van der Waals surface area contributed by atoms with Gasteiger partial charge in [0.1, 0.15) is 13.2 Å². The number of para-hydroxylation sites is 1. The number of anilines is 1. The summed E-state index contributed by atoms with van der Waals surface area (Å²) >= 11 is 0. The molecule has 1 saturated heterocycles. The number of carbonyl (C=O) groups excluding carboxylic acids is 2. The number of fused-ring (bicyclic) bond motifs is 1. The second kappa shape index (κ2) is 9.92. The molecule has 10 heteroatoms. The van der Waals surface area contributed by atoms with Crippen LogP contribution in [0.2, 0.25) is 0 Å². The number of benzene rings is 2. The largest absolute Gasteiger partial charge is 0.486 e. The number of hydrogen-bond donors (Lipinski definition) is 1. The van der Waals surface area contributed by atoms with Gasteiger partial charge >= 0.3 is 5.97 Å². The lowest BCUT2D eigenvalue weighted by Gasteiger charge is -2.34. The Labute approximate surface area is 199 Å². The van der Waals surface area contributed by atoms with Gasteiger partial charge in [0.15, 0.2) is 18.1 Å². The summed E-state index contributed by atoms with van der Waals surface area (Å²) in [5.41, 5.74) is 0.0619. The van der Waals surface area contributed by atoms with Gasteiger partial charge in [0, 0.05) is 19.2 Å². The molecule has 2 aromatic carbocycles. The van der Waals surface area contributed by atoms with Gasteiger partial charge in [-0.1, -0.05) is 26.0 Å². The van der Waals surface area contributed by atoms with Crippen molar-refractivity contribution in [2.45, 2.75) is 25.2 Å². The van der Waals surface area contributed by atoms with Crippen molar-refractivity contribution in [1.29, 1.82) is 0 Å². The van der Waals surface area contributed by atoms with Crippen LogP contribution in [0.25, 0.3) is 0 Å². The maximum atomic E-state index is 13.0. The van der Waals surface area contributed by atoms with E-state index < -0.39 is 22.6 Å². The number of esters is 1. The Kier molecular flexibility index (Phi) is 6.97. The van der Waals surface area contributed by atoms with Crippen LogP contribution in [0.1, 0.15) is 30.6 Å². The number of hydrogen-bond acceptors (Lipinski definition) is 7. The molecule has 0 unspecified atom stereocenters. The molecular formula is C24H28N2O7S.